The fourth-order valence-electron chi connectivity index (χ4n) is 4.11. The third-order valence-corrected chi connectivity index (χ3v) is 9.32. The molecule has 0 aromatic heterocycles. The molecular weight excluding hydrogens is 545 g/mol. The van der Waals surface area contributed by atoms with Gasteiger partial charge in [0.15, 0.2) is 0 Å². The van der Waals surface area contributed by atoms with Crippen molar-refractivity contribution >= 4 is 43.2 Å². The van der Waals surface area contributed by atoms with Crippen LogP contribution in [0.15, 0.2) is 47.4 Å². The second-order valence-corrected chi connectivity index (χ2v) is 12.9. The number of sulfonamides is 2. The Labute approximate surface area is 222 Å². The number of carbonyl (C=O) groups is 1. The quantitative estimate of drug-likeness (QED) is 0.411. The van der Waals surface area contributed by atoms with Crippen LogP contribution >= 0.6 is 11.6 Å². The summed E-state index contributed by atoms with van der Waals surface area (Å²) in [5.74, 6) is -0.830. The van der Waals surface area contributed by atoms with E-state index in [0.29, 0.717) is 18.8 Å². The monoisotopic (exact) mass is 575 g/mol. The maximum Gasteiger partial charge on any atom is 0.244 e. The topological polar surface area (TPSA) is 113 Å². The Bertz CT molecular complexity index is 1300. The Morgan fingerprint density at radius 2 is 1.76 bits per heavy atom. The van der Waals surface area contributed by atoms with Gasteiger partial charge in [-0.2, -0.15) is 4.31 Å². The number of nitrogens with one attached hydrogen (secondary N) is 1. The molecular formula is C24H31ClFN3O6S2. The van der Waals surface area contributed by atoms with E-state index in [1.165, 1.54) is 22.5 Å². The van der Waals surface area contributed by atoms with Crippen molar-refractivity contribution in [2.75, 3.05) is 36.8 Å². The van der Waals surface area contributed by atoms with Crippen LogP contribution in [0.3, 0.4) is 0 Å². The van der Waals surface area contributed by atoms with Gasteiger partial charge < -0.3 is 10.1 Å². The van der Waals surface area contributed by atoms with Crippen molar-refractivity contribution in [1.29, 1.82) is 0 Å². The summed E-state index contributed by atoms with van der Waals surface area (Å²) in [6, 6.07) is 8.44. The number of piperidine rings is 1. The van der Waals surface area contributed by atoms with Gasteiger partial charge in [-0.05, 0) is 61.7 Å². The summed E-state index contributed by atoms with van der Waals surface area (Å²) < 4.78 is 72.1. The van der Waals surface area contributed by atoms with Gasteiger partial charge in [-0.15, -0.1) is 0 Å². The maximum absolute atomic E-state index is 13.6. The number of carbonyl (C=O) groups excluding carboxylic acids is 1. The summed E-state index contributed by atoms with van der Waals surface area (Å²) in [6.45, 7) is 2.84. The van der Waals surface area contributed by atoms with Crippen LogP contribution in [0.2, 0.25) is 5.02 Å². The normalized spacial score (nSPS) is 15.7. The molecule has 0 bridgehead atoms. The summed E-state index contributed by atoms with van der Waals surface area (Å²) in [7, 11) is -7.43. The van der Waals surface area contributed by atoms with Crippen molar-refractivity contribution in [3.05, 3.63) is 53.3 Å². The first-order chi connectivity index (χ1) is 17.4. The predicted octanol–water partition coefficient (Wildman–Crippen LogP) is 3.39. The zero-order valence-corrected chi connectivity index (χ0v) is 23.1. The average molecular weight is 576 g/mol. The van der Waals surface area contributed by atoms with Crippen molar-refractivity contribution in [2.45, 2.75) is 43.5 Å². The Morgan fingerprint density at radius 1 is 1.11 bits per heavy atom. The van der Waals surface area contributed by atoms with Gasteiger partial charge >= 0.3 is 0 Å². The zero-order chi connectivity index (χ0) is 27.2. The van der Waals surface area contributed by atoms with E-state index in [1.54, 1.807) is 19.1 Å². The number of amides is 1. The van der Waals surface area contributed by atoms with Crippen LogP contribution in [0.4, 0.5) is 10.1 Å². The van der Waals surface area contributed by atoms with E-state index in [9.17, 15) is 26.0 Å². The minimum atomic E-state index is -3.89. The van der Waals surface area contributed by atoms with Crippen molar-refractivity contribution in [3.8, 4) is 5.75 Å². The van der Waals surface area contributed by atoms with E-state index < -0.39 is 37.8 Å². The van der Waals surface area contributed by atoms with Gasteiger partial charge in [0.2, 0.25) is 26.0 Å². The predicted molar refractivity (Wildman–Crippen MR) is 140 cm³/mol. The zero-order valence-electron chi connectivity index (χ0n) is 20.7. The third-order valence-electron chi connectivity index (χ3n) is 5.93. The molecule has 1 N–H and O–H groups in total. The van der Waals surface area contributed by atoms with Gasteiger partial charge in [-0.3, -0.25) is 9.10 Å². The highest BCUT2D eigenvalue weighted by molar-refractivity contribution is 7.92. The number of nitrogens with zero attached hydrogens (tertiary/aromatic N) is 2. The van der Waals surface area contributed by atoms with Crippen LogP contribution in [-0.4, -0.2) is 65.6 Å². The van der Waals surface area contributed by atoms with Gasteiger partial charge in [-0.25, -0.2) is 21.2 Å². The number of benzene rings is 2. The molecule has 1 heterocycles. The minimum absolute atomic E-state index is 0.0711. The van der Waals surface area contributed by atoms with Crippen LogP contribution in [0.1, 0.15) is 32.6 Å². The maximum atomic E-state index is 13.6. The highest BCUT2D eigenvalue weighted by Gasteiger charge is 2.32. The summed E-state index contributed by atoms with van der Waals surface area (Å²) >= 11 is 5.82. The van der Waals surface area contributed by atoms with Crippen LogP contribution in [-0.2, 0) is 24.8 Å². The van der Waals surface area contributed by atoms with E-state index in [4.69, 9.17) is 16.3 Å². The van der Waals surface area contributed by atoms with Crippen LogP contribution in [0.25, 0.3) is 0 Å². The minimum Gasteiger partial charge on any atom is -0.492 e. The molecule has 2 aromatic carbocycles. The number of anilines is 1. The molecule has 0 aliphatic carbocycles. The first kappa shape index (κ1) is 29.2. The molecule has 0 radical (unpaired) electrons. The number of hydrogen-bond acceptors (Lipinski definition) is 6. The van der Waals surface area contributed by atoms with Crippen LogP contribution in [0, 0.1) is 5.82 Å². The number of halogens is 2. The summed E-state index contributed by atoms with van der Waals surface area (Å²) in [4.78, 5) is 13.0. The third kappa shape index (κ3) is 7.34. The van der Waals surface area contributed by atoms with E-state index >= 15 is 0 Å². The Hall–Kier alpha value is -2.41. The molecule has 1 aliphatic rings. The fraction of sp³-hybridized carbons (Fsp3) is 0.458. The fourth-order valence-corrected chi connectivity index (χ4v) is 7.00. The van der Waals surface area contributed by atoms with Gasteiger partial charge in [0.05, 0.1) is 28.4 Å². The first-order valence-electron chi connectivity index (χ1n) is 11.9. The number of ether oxygens (including phenoxy) is 1. The largest absolute Gasteiger partial charge is 0.492 e. The molecule has 1 saturated heterocycles. The molecule has 0 spiro atoms. The molecule has 13 heteroatoms. The smallest absolute Gasteiger partial charge is 0.244 e. The van der Waals surface area contributed by atoms with E-state index in [1.807, 2.05) is 0 Å². The second kappa shape index (κ2) is 12.4. The van der Waals surface area contributed by atoms with Crippen molar-refractivity contribution < 1.29 is 30.8 Å². The van der Waals surface area contributed by atoms with E-state index in [0.717, 1.165) is 42.0 Å². The lowest BCUT2D eigenvalue weighted by Gasteiger charge is -2.30. The standard InChI is InChI=1S/C24H31ClFN3O6S2/c1-3-23(29(36(2,31)32)18-7-12-22(26)21(25)17-18)24(30)27-13-16-35-19-8-10-20(11-9-19)37(33,34)28-14-5-4-6-15-28/h7-12,17,23H,3-6,13-16H2,1-2H3,(H,27,30)/t23-/m0/s1. The Balaban J connectivity index is 1.59. The molecule has 0 unspecified atom stereocenters. The molecule has 2 aromatic rings. The van der Waals surface area contributed by atoms with Crippen LogP contribution in [0.5, 0.6) is 5.75 Å². The lowest BCUT2D eigenvalue weighted by molar-refractivity contribution is -0.122. The van der Waals surface area contributed by atoms with E-state index in [2.05, 4.69) is 5.32 Å². The molecule has 37 heavy (non-hydrogen) atoms. The lowest BCUT2D eigenvalue weighted by Crippen LogP contribution is -2.50. The summed E-state index contributed by atoms with van der Waals surface area (Å²) in [5.41, 5.74) is 0.0757. The highest BCUT2D eigenvalue weighted by atomic mass is 35.5. The van der Waals surface area contributed by atoms with E-state index in [-0.39, 0.29) is 35.2 Å². The molecule has 1 aliphatic heterocycles. The van der Waals surface area contributed by atoms with Crippen molar-refractivity contribution in [3.63, 3.8) is 0 Å². The molecule has 1 atom stereocenters. The summed E-state index contributed by atoms with van der Waals surface area (Å²) in [5, 5.41) is 2.39. The Morgan fingerprint density at radius 3 is 2.32 bits per heavy atom. The van der Waals surface area contributed by atoms with Crippen LogP contribution < -0.4 is 14.4 Å². The SMILES string of the molecule is CC[C@@H](C(=O)NCCOc1ccc(S(=O)(=O)N2CCCCC2)cc1)N(c1ccc(F)c(Cl)c1)S(C)(=O)=O. The van der Waals surface area contributed by atoms with Crippen molar-refractivity contribution in [1.82, 2.24) is 9.62 Å². The molecule has 204 valence electrons. The first-order valence-corrected chi connectivity index (χ1v) is 15.6. The summed E-state index contributed by atoms with van der Waals surface area (Å²) in [6.07, 6.45) is 3.84. The van der Waals surface area contributed by atoms with Crippen molar-refractivity contribution in [2.24, 2.45) is 0 Å². The Kier molecular flexibility index (Phi) is 9.79. The van der Waals surface area contributed by atoms with Gasteiger partial charge in [0.25, 0.3) is 0 Å². The molecule has 0 saturated carbocycles. The average Bonchev–Trinajstić information content (AvgIpc) is 2.87. The molecule has 3 rings (SSSR count). The van der Waals surface area contributed by atoms with Gasteiger partial charge in [0.1, 0.15) is 24.2 Å². The number of hydrogen-bond donors (Lipinski definition) is 1. The van der Waals surface area contributed by atoms with Gasteiger partial charge in [0, 0.05) is 13.1 Å². The van der Waals surface area contributed by atoms with Gasteiger partial charge in [-0.1, -0.05) is 24.9 Å². The second-order valence-electron chi connectivity index (χ2n) is 8.66. The molecule has 1 fully saturated rings. The molecule has 1 amide bonds. The molecule has 9 nitrogen and oxygen atoms in total. The number of rotatable bonds is 11. The highest BCUT2D eigenvalue weighted by Crippen LogP contribution is 2.27. The lowest BCUT2D eigenvalue weighted by atomic mass is 10.2.